The SMILES string of the molecule is COc1ccc(/C(=C\C(=O)c2ccc(C)cc2)[Se]c2ccccc2)cc1OC. The maximum atomic E-state index is 12.9. The van der Waals surface area contributed by atoms with E-state index < -0.39 is 0 Å². The summed E-state index contributed by atoms with van der Waals surface area (Å²) in [6.45, 7) is 2.01. The van der Waals surface area contributed by atoms with Crippen LogP contribution in [0, 0.1) is 6.92 Å². The number of hydrogen-bond acceptors (Lipinski definition) is 3. The Balaban J connectivity index is 2.01. The summed E-state index contributed by atoms with van der Waals surface area (Å²) in [6.07, 6.45) is 1.75. The van der Waals surface area contributed by atoms with Crippen molar-refractivity contribution in [1.29, 1.82) is 0 Å². The third-order valence-electron chi connectivity index (χ3n) is 4.24. The summed E-state index contributed by atoms with van der Waals surface area (Å²) in [6, 6.07) is 23.6. The van der Waals surface area contributed by atoms with E-state index in [9.17, 15) is 4.79 Å². The van der Waals surface area contributed by atoms with Crippen LogP contribution in [0.1, 0.15) is 21.5 Å². The monoisotopic (exact) mass is 438 g/mol. The Morgan fingerprint density at radius 3 is 2.11 bits per heavy atom. The van der Waals surface area contributed by atoms with Gasteiger partial charge in [-0.25, -0.2) is 0 Å². The Bertz CT molecular complexity index is 976. The molecule has 3 nitrogen and oxygen atoms in total. The minimum absolute atomic E-state index is 0.00240. The summed E-state index contributed by atoms with van der Waals surface area (Å²) >= 11 is -0.0266. The number of carbonyl (C=O) groups excluding carboxylic acids is 1. The quantitative estimate of drug-likeness (QED) is 0.315. The van der Waals surface area contributed by atoms with E-state index in [-0.39, 0.29) is 20.7 Å². The van der Waals surface area contributed by atoms with Gasteiger partial charge >= 0.3 is 172 Å². The molecule has 3 rings (SSSR count). The van der Waals surface area contributed by atoms with E-state index in [1.54, 1.807) is 20.3 Å². The summed E-state index contributed by atoms with van der Waals surface area (Å²) in [5.41, 5.74) is 2.78. The van der Waals surface area contributed by atoms with Gasteiger partial charge in [-0.05, 0) is 0 Å². The minimum atomic E-state index is -0.0266. The van der Waals surface area contributed by atoms with Gasteiger partial charge < -0.3 is 0 Å². The molecule has 0 spiro atoms. The zero-order chi connectivity index (χ0) is 19.9. The summed E-state index contributed by atoms with van der Waals surface area (Å²) in [4.78, 5) is 12.9. The zero-order valence-corrected chi connectivity index (χ0v) is 17.9. The predicted molar refractivity (Wildman–Crippen MR) is 115 cm³/mol. The van der Waals surface area contributed by atoms with Gasteiger partial charge in [0.15, 0.2) is 0 Å². The first-order valence-corrected chi connectivity index (χ1v) is 10.6. The maximum absolute atomic E-state index is 12.9. The molecule has 0 aliphatic rings. The van der Waals surface area contributed by atoms with Gasteiger partial charge in [0.1, 0.15) is 0 Å². The van der Waals surface area contributed by atoms with Crippen LogP contribution in [0.3, 0.4) is 0 Å². The molecule has 0 heterocycles. The molecule has 0 radical (unpaired) electrons. The molecule has 0 atom stereocenters. The number of carbonyl (C=O) groups is 1. The van der Waals surface area contributed by atoms with E-state index in [1.807, 2.05) is 67.6 Å². The van der Waals surface area contributed by atoms with Crippen molar-refractivity contribution < 1.29 is 14.3 Å². The van der Waals surface area contributed by atoms with E-state index in [1.165, 1.54) is 4.46 Å². The third kappa shape index (κ3) is 4.92. The molecule has 0 amide bonds. The van der Waals surface area contributed by atoms with Gasteiger partial charge in [-0.3, -0.25) is 0 Å². The molecule has 0 saturated heterocycles. The van der Waals surface area contributed by atoms with Crippen molar-refractivity contribution in [3.63, 3.8) is 0 Å². The summed E-state index contributed by atoms with van der Waals surface area (Å²) in [5.74, 6) is 1.32. The Kier molecular flexibility index (Phi) is 6.70. The van der Waals surface area contributed by atoms with Gasteiger partial charge in [0.05, 0.1) is 0 Å². The Morgan fingerprint density at radius 1 is 0.821 bits per heavy atom. The van der Waals surface area contributed by atoms with Gasteiger partial charge in [-0.2, -0.15) is 0 Å². The van der Waals surface area contributed by atoms with Crippen LogP contribution < -0.4 is 13.9 Å². The van der Waals surface area contributed by atoms with Crippen molar-refractivity contribution >= 4 is 29.7 Å². The third-order valence-corrected chi connectivity index (χ3v) is 6.51. The molecule has 0 N–H and O–H groups in total. The zero-order valence-electron chi connectivity index (χ0n) is 16.1. The second-order valence-electron chi connectivity index (χ2n) is 6.22. The molecule has 0 saturated carbocycles. The van der Waals surface area contributed by atoms with Crippen molar-refractivity contribution in [3.05, 3.63) is 95.6 Å². The first kappa shape index (κ1) is 19.9. The van der Waals surface area contributed by atoms with Crippen molar-refractivity contribution in [2.24, 2.45) is 0 Å². The number of rotatable bonds is 7. The molecule has 28 heavy (non-hydrogen) atoms. The van der Waals surface area contributed by atoms with E-state index in [4.69, 9.17) is 9.47 Å². The van der Waals surface area contributed by atoms with Crippen LogP contribution in [0.5, 0.6) is 11.5 Å². The Morgan fingerprint density at radius 2 is 1.46 bits per heavy atom. The molecular formula is C24H22O3Se. The summed E-state index contributed by atoms with van der Waals surface area (Å²) in [5, 5.41) is 0. The number of ketones is 1. The first-order valence-electron chi connectivity index (χ1n) is 8.88. The van der Waals surface area contributed by atoms with Crippen molar-refractivity contribution in [2.45, 2.75) is 6.92 Å². The van der Waals surface area contributed by atoms with E-state index in [2.05, 4.69) is 12.1 Å². The number of aryl methyl sites for hydroxylation is 1. The molecular weight excluding hydrogens is 415 g/mol. The normalized spacial score (nSPS) is 11.2. The van der Waals surface area contributed by atoms with Gasteiger partial charge in [0.2, 0.25) is 0 Å². The van der Waals surface area contributed by atoms with Crippen LogP contribution in [-0.2, 0) is 0 Å². The van der Waals surface area contributed by atoms with Crippen LogP contribution in [0.4, 0.5) is 0 Å². The summed E-state index contributed by atoms with van der Waals surface area (Å²) < 4.78 is 13.0. The second-order valence-corrected chi connectivity index (χ2v) is 8.56. The molecule has 142 valence electrons. The topological polar surface area (TPSA) is 35.5 Å². The number of benzene rings is 3. The van der Waals surface area contributed by atoms with Gasteiger partial charge in [-0.15, -0.1) is 0 Å². The second kappa shape index (κ2) is 9.41. The standard InChI is InChI=1S/C24H22O3Se/c1-17-9-11-18(12-10-17)21(25)16-24(28-20-7-5-4-6-8-20)19-13-14-22(26-2)23(15-19)27-3/h4-16H,1-3H3/b24-16+. The van der Waals surface area contributed by atoms with Crippen LogP contribution in [0.15, 0.2) is 78.9 Å². The average molecular weight is 437 g/mol. The van der Waals surface area contributed by atoms with Crippen LogP contribution in [-0.4, -0.2) is 35.0 Å². The number of allylic oxidation sites excluding steroid dienone is 1. The molecule has 0 aromatic heterocycles. The molecule has 0 aliphatic heterocycles. The van der Waals surface area contributed by atoms with E-state index in [0.29, 0.717) is 17.1 Å². The van der Waals surface area contributed by atoms with Gasteiger partial charge in [0.25, 0.3) is 0 Å². The fraction of sp³-hybridized carbons (Fsp3) is 0.125. The number of ether oxygens (including phenoxy) is 2. The van der Waals surface area contributed by atoms with Crippen LogP contribution in [0.25, 0.3) is 4.47 Å². The number of methoxy groups -OCH3 is 2. The molecule has 0 fully saturated rings. The van der Waals surface area contributed by atoms with Crippen molar-refractivity contribution in [2.75, 3.05) is 14.2 Å². The van der Waals surface area contributed by atoms with Crippen molar-refractivity contribution in [3.8, 4) is 11.5 Å². The molecule has 0 unspecified atom stereocenters. The predicted octanol–water partition coefficient (Wildman–Crippen LogP) is 4.27. The van der Waals surface area contributed by atoms with E-state index >= 15 is 0 Å². The molecule has 0 bridgehead atoms. The number of hydrogen-bond donors (Lipinski definition) is 0. The summed E-state index contributed by atoms with van der Waals surface area (Å²) in [7, 11) is 3.23. The molecule has 3 aromatic rings. The molecule has 3 aromatic carbocycles. The van der Waals surface area contributed by atoms with Gasteiger partial charge in [-0.1, -0.05) is 0 Å². The first-order chi connectivity index (χ1) is 13.6. The Hall–Kier alpha value is -2.81. The molecule has 0 aliphatic carbocycles. The van der Waals surface area contributed by atoms with Crippen molar-refractivity contribution in [1.82, 2.24) is 0 Å². The van der Waals surface area contributed by atoms with E-state index in [0.717, 1.165) is 15.6 Å². The van der Waals surface area contributed by atoms with Gasteiger partial charge in [0, 0.05) is 0 Å². The fourth-order valence-electron chi connectivity index (χ4n) is 2.70. The van der Waals surface area contributed by atoms with Crippen LogP contribution >= 0.6 is 0 Å². The Labute approximate surface area is 172 Å². The van der Waals surface area contributed by atoms with Crippen LogP contribution in [0.2, 0.25) is 0 Å². The average Bonchev–Trinajstić information content (AvgIpc) is 2.74. The fourth-order valence-corrected chi connectivity index (χ4v) is 4.71. The molecule has 4 heteroatoms.